The van der Waals surface area contributed by atoms with Gasteiger partial charge in [0, 0.05) is 5.56 Å². The maximum Gasteiger partial charge on any atom is 0.271 e. The van der Waals surface area contributed by atoms with E-state index < -0.39 is 0 Å². The monoisotopic (exact) mass is 590 g/mol. The first-order chi connectivity index (χ1) is 20.0. The molecule has 0 bridgehead atoms. The third kappa shape index (κ3) is 8.74. The number of nitrogens with zero attached hydrogens (tertiary/aromatic N) is 1. The van der Waals surface area contributed by atoms with E-state index in [4.69, 9.17) is 37.4 Å². The number of carbonyl (C=O) groups excluding carboxylic acids is 1. The Morgan fingerprint density at radius 2 is 1.51 bits per heavy atom. The van der Waals surface area contributed by atoms with Crippen LogP contribution in [0.15, 0.2) is 90.0 Å². The zero-order chi connectivity index (χ0) is 29.0. The fourth-order valence-corrected chi connectivity index (χ4v) is 4.65. The summed E-state index contributed by atoms with van der Waals surface area (Å²) in [7, 11) is 1.59. The molecule has 0 aliphatic heterocycles. The number of ether oxygens (including phenoxy) is 3. The highest BCUT2D eigenvalue weighted by atomic mass is 35.5. The van der Waals surface area contributed by atoms with Crippen molar-refractivity contribution in [2.24, 2.45) is 5.10 Å². The van der Waals surface area contributed by atoms with Crippen molar-refractivity contribution in [2.75, 3.05) is 7.11 Å². The predicted octanol–water partition coefficient (Wildman–Crippen LogP) is 8.27. The Kier molecular flexibility index (Phi) is 11.1. The second-order valence-corrected chi connectivity index (χ2v) is 10.2. The summed E-state index contributed by atoms with van der Waals surface area (Å²) in [5.74, 6) is 1.28. The van der Waals surface area contributed by atoms with Crippen LogP contribution in [0.5, 0.6) is 17.2 Å². The highest BCUT2D eigenvalue weighted by Crippen LogP contribution is 2.35. The van der Waals surface area contributed by atoms with Crippen LogP contribution in [0.3, 0.4) is 0 Å². The minimum atomic E-state index is -0.299. The number of nitrogens with one attached hydrogen (secondary N) is 1. The molecule has 0 heterocycles. The number of carbonyl (C=O) groups is 1. The van der Waals surface area contributed by atoms with Crippen LogP contribution in [0.25, 0.3) is 0 Å². The van der Waals surface area contributed by atoms with E-state index in [0.29, 0.717) is 45.0 Å². The van der Waals surface area contributed by atoms with Gasteiger partial charge in [-0.25, -0.2) is 5.43 Å². The number of halogens is 2. The second-order valence-electron chi connectivity index (χ2n) is 9.36. The van der Waals surface area contributed by atoms with Gasteiger partial charge in [0.1, 0.15) is 13.2 Å². The summed E-state index contributed by atoms with van der Waals surface area (Å²) in [4.78, 5) is 12.4. The molecule has 0 aliphatic carbocycles. The van der Waals surface area contributed by atoms with E-state index in [0.717, 1.165) is 30.4 Å². The van der Waals surface area contributed by atoms with E-state index in [1.807, 2.05) is 60.7 Å². The minimum Gasteiger partial charge on any atom is -0.493 e. The van der Waals surface area contributed by atoms with Gasteiger partial charge in [0.15, 0.2) is 17.2 Å². The number of hydrogen-bond acceptors (Lipinski definition) is 5. The first kappa shape index (κ1) is 30.0. The van der Waals surface area contributed by atoms with E-state index in [9.17, 15) is 4.79 Å². The molecule has 0 atom stereocenters. The molecule has 0 radical (unpaired) electrons. The van der Waals surface area contributed by atoms with Crippen molar-refractivity contribution in [1.82, 2.24) is 5.43 Å². The summed E-state index contributed by atoms with van der Waals surface area (Å²) in [6, 6.07) is 26.4. The van der Waals surface area contributed by atoms with Crippen LogP contribution >= 0.6 is 23.2 Å². The number of benzene rings is 4. The molecule has 6 nitrogen and oxygen atoms in total. The van der Waals surface area contributed by atoms with E-state index in [-0.39, 0.29) is 12.5 Å². The van der Waals surface area contributed by atoms with E-state index in [1.54, 1.807) is 31.4 Å². The van der Waals surface area contributed by atoms with Crippen LogP contribution in [0, 0.1) is 0 Å². The van der Waals surface area contributed by atoms with Gasteiger partial charge in [0.25, 0.3) is 5.91 Å². The summed E-state index contributed by atoms with van der Waals surface area (Å²) in [6.45, 7) is 2.81. The van der Waals surface area contributed by atoms with Crippen molar-refractivity contribution in [3.63, 3.8) is 0 Å². The molecule has 4 aromatic carbocycles. The Labute approximate surface area is 250 Å². The van der Waals surface area contributed by atoms with Gasteiger partial charge in [-0.1, -0.05) is 85.1 Å². The average molecular weight is 592 g/mol. The summed E-state index contributed by atoms with van der Waals surface area (Å²) in [5.41, 5.74) is 6.82. The molecular weight excluding hydrogens is 559 g/mol. The molecule has 41 heavy (non-hydrogen) atoms. The van der Waals surface area contributed by atoms with Gasteiger partial charge in [-0.05, 0) is 71.5 Å². The number of hydrogen-bond donors (Lipinski definition) is 1. The smallest absolute Gasteiger partial charge is 0.271 e. The highest BCUT2D eigenvalue weighted by molar-refractivity contribution is 6.37. The lowest BCUT2D eigenvalue weighted by molar-refractivity contribution is 0.0955. The lowest BCUT2D eigenvalue weighted by Crippen LogP contribution is -2.17. The van der Waals surface area contributed by atoms with Crippen molar-refractivity contribution < 1.29 is 19.0 Å². The van der Waals surface area contributed by atoms with Crippen LogP contribution in [-0.2, 0) is 19.6 Å². The van der Waals surface area contributed by atoms with Gasteiger partial charge < -0.3 is 14.2 Å². The third-order valence-corrected chi connectivity index (χ3v) is 6.85. The standard InChI is InChI=1S/C33H32Cl2N2O4/c1-3-4-8-23-11-14-27(15-12-23)33(38)37-36-20-26-17-28(34)32(29(35)18-26)41-22-25-13-16-30(31(19-25)39-2)40-21-24-9-6-5-7-10-24/h5-7,9-20H,3-4,8,21-22H2,1-2H3,(H,37,38)/b36-20+. The van der Waals surface area contributed by atoms with E-state index in [2.05, 4.69) is 17.5 Å². The minimum absolute atomic E-state index is 0.218. The molecule has 0 aromatic heterocycles. The van der Waals surface area contributed by atoms with E-state index in [1.165, 1.54) is 11.8 Å². The van der Waals surface area contributed by atoms with Gasteiger partial charge in [0.05, 0.1) is 23.4 Å². The van der Waals surface area contributed by atoms with Crippen molar-refractivity contribution in [2.45, 2.75) is 39.4 Å². The molecule has 0 aliphatic rings. The van der Waals surface area contributed by atoms with Crippen molar-refractivity contribution >= 4 is 35.3 Å². The maximum atomic E-state index is 12.4. The summed E-state index contributed by atoms with van der Waals surface area (Å²) >= 11 is 12.9. The number of methoxy groups -OCH3 is 1. The van der Waals surface area contributed by atoms with Gasteiger partial charge in [0.2, 0.25) is 0 Å². The molecule has 1 N–H and O–H groups in total. The predicted molar refractivity (Wildman–Crippen MR) is 165 cm³/mol. The molecule has 0 saturated heterocycles. The summed E-state index contributed by atoms with van der Waals surface area (Å²) in [6.07, 6.45) is 4.74. The van der Waals surface area contributed by atoms with Crippen molar-refractivity contribution in [3.8, 4) is 17.2 Å². The molecule has 0 unspecified atom stereocenters. The average Bonchev–Trinajstić information content (AvgIpc) is 2.99. The molecule has 4 rings (SSSR count). The van der Waals surface area contributed by atoms with Gasteiger partial charge in [-0.15, -0.1) is 0 Å². The number of rotatable bonds is 13. The van der Waals surface area contributed by atoms with E-state index >= 15 is 0 Å². The van der Waals surface area contributed by atoms with Crippen LogP contribution in [0.1, 0.15) is 52.4 Å². The normalized spacial score (nSPS) is 10.9. The fourth-order valence-electron chi connectivity index (χ4n) is 4.04. The summed E-state index contributed by atoms with van der Waals surface area (Å²) in [5, 5.41) is 4.69. The van der Waals surface area contributed by atoms with Gasteiger partial charge in [-0.3, -0.25) is 4.79 Å². The van der Waals surface area contributed by atoms with Crippen molar-refractivity contribution in [3.05, 3.63) is 123 Å². The molecule has 212 valence electrons. The molecule has 1 amide bonds. The SMILES string of the molecule is CCCCc1ccc(C(=O)N/N=C/c2cc(Cl)c(OCc3ccc(OCc4ccccc4)c(OC)c3)c(Cl)c2)cc1. The first-order valence-electron chi connectivity index (χ1n) is 13.3. The topological polar surface area (TPSA) is 69.2 Å². The lowest BCUT2D eigenvalue weighted by atomic mass is 10.1. The second kappa shape index (κ2) is 15.1. The van der Waals surface area contributed by atoms with Crippen LogP contribution < -0.4 is 19.6 Å². The molecular formula is C33H32Cl2N2O4. The Bertz CT molecular complexity index is 1450. The number of unbranched alkanes of at least 4 members (excludes halogenated alkanes) is 1. The third-order valence-electron chi connectivity index (χ3n) is 6.28. The Balaban J connectivity index is 1.33. The molecule has 0 spiro atoms. The largest absolute Gasteiger partial charge is 0.493 e. The number of hydrazone groups is 1. The molecule has 0 fully saturated rings. The zero-order valence-corrected chi connectivity index (χ0v) is 24.5. The first-order valence-corrected chi connectivity index (χ1v) is 14.1. The summed E-state index contributed by atoms with van der Waals surface area (Å²) < 4.78 is 17.4. The number of amides is 1. The van der Waals surface area contributed by atoms with Crippen molar-refractivity contribution in [1.29, 1.82) is 0 Å². The Hall–Kier alpha value is -4.00. The van der Waals surface area contributed by atoms with Crippen LogP contribution in [-0.4, -0.2) is 19.2 Å². The molecule has 0 saturated carbocycles. The van der Waals surface area contributed by atoms with Crippen LogP contribution in [0.2, 0.25) is 10.0 Å². The Morgan fingerprint density at radius 3 is 2.20 bits per heavy atom. The highest BCUT2D eigenvalue weighted by Gasteiger charge is 2.12. The fraction of sp³-hybridized carbons (Fsp3) is 0.212. The van der Waals surface area contributed by atoms with Crippen LogP contribution in [0.4, 0.5) is 0 Å². The van der Waals surface area contributed by atoms with Gasteiger partial charge in [-0.2, -0.15) is 5.10 Å². The van der Waals surface area contributed by atoms with Gasteiger partial charge >= 0.3 is 0 Å². The molecule has 4 aromatic rings. The lowest BCUT2D eigenvalue weighted by Gasteiger charge is -2.14. The maximum absolute atomic E-state index is 12.4. The quantitative estimate of drug-likeness (QED) is 0.126. The molecule has 8 heteroatoms. The number of aryl methyl sites for hydroxylation is 1. The Morgan fingerprint density at radius 1 is 0.829 bits per heavy atom. The zero-order valence-electron chi connectivity index (χ0n) is 23.0.